The lowest BCUT2D eigenvalue weighted by Crippen LogP contribution is -2.08. The van der Waals surface area contributed by atoms with Crippen LogP contribution in [0.3, 0.4) is 0 Å². The van der Waals surface area contributed by atoms with Crippen molar-refractivity contribution in [3.05, 3.63) is 0 Å². The van der Waals surface area contributed by atoms with Crippen LogP contribution in [0.2, 0.25) is 0 Å². The predicted molar refractivity (Wildman–Crippen MR) is 60.9 cm³/mol. The summed E-state index contributed by atoms with van der Waals surface area (Å²) < 4.78 is 9.19. The van der Waals surface area contributed by atoms with Crippen molar-refractivity contribution in [2.75, 3.05) is 13.2 Å². The first-order valence-corrected chi connectivity index (χ1v) is 5.97. The van der Waals surface area contributed by atoms with Crippen molar-refractivity contribution in [2.45, 2.75) is 51.9 Å². The summed E-state index contributed by atoms with van der Waals surface area (Å²) >= 11 is 0. The summed E-state index contributed by atoms with van der Waals surface area (Å²) in [6.07, 6.45) is 7.51. The van der Waals surface area contributed by atoms with Gasteiger partial charge in [-0.05, 0) is 6.42 Å². The zero-order valence-corrected chi connectivity index (χ0v) is 10.0. The van der Waals surface area contributed by atoms with Gasteiger partial charge in [0.1, 0.15) is 6.07 Å². The predicted octanol–water partition coefficient (Wildman–Crippen LogP) is 3.41. The van der Waals surface area contributed by atoms with E-state index >= 15 is 0 Å². The van der Waals surface area contributed by atoms with E-state index in [1.54, 1.807) is 6.07 Å². The number of carbonyl (C=O) groups excluding carboxylic acids is 1. The molecule has 0 rings (SSSR count). The molecule has 0 saturated carbocycles. The van der Waals surface area contributed by atoms with Crippen LogP contribution in [0.25, 0.3) is 0 Å². The summed E-state index contributed by atoms with van der Waals surface area (Å²) in [6, 6.07) is 1.71. The third-order valence-corrected chi connectivity index (χ3v) is 2.22. The second kappa shape index (κ2) is 11.8. The molecular weight excluding hydrogens is 206 g/mol. The molecule has 0 saturated heterocycles. The molecule has 0 aromatic heterocycles. The topological polar surface area (TPSA) is 59.3 Å². The number of hydrogen-bond donors (Lipinski definition) is 0. The van der Waals surface area contributed by atoms with Gasteiger partial charge < -0.3 is 9.47 Å². The SMILES string of the molecule is CCCCCCCCCOC(=O)OCC#N. The zero-order valence-electron chi connectivity index (χ0n) is 10.0. The van der Waals surface area contributed by atoms with Crippen LogP contribution >= 0.6 is 0 Å². The largest absolute Gasteiger partial charge is 0.509 e. The molecule has 0 aliphatic rings. The normalized spacial score (nSPS) is 9.50. The maximum atomic E-state index is 10.8. The Labute approximate surface area is 97.5 Å². The number of nitrogens with zero attached hydrogens (tertiary/aromatic N) is 1. The summed E-state index contributed by atoms with van der Waals surface area (Å²) in [5, 5.41) is 8.14. The Bertz CT molecular complexity index is 211. The molecule has 4 heteroatoms. The number of unbranched alkanes of at least 4 members (excludes halogenated alkanes) is 6. The number of carbonyl (C=O) groups is 1. The smallest absolute Gasteiger partial charge is 0.434 e. The van der Waals surface area contributed by atoms with E-state index in [0.29, 0.717) is 6.61 Å². The lowest BCUT2D eigenvalue weighted by molar-refractivity contribution is 0.0629. The molecule has 0 amide bonds. The molecule has 0 radical (unpaired) electrons. The highest BCUT2D eigenvalue weighted by atomic mass is 16.7. The van der Waals surface area contributed by atoms with Gasteiger partial charge in [0, 0.05) is 0 Å². The average Bonchev–Trinajstić information content (AvgIpc) is 2.30. The van der Waals surface area contributed by atoms with Gasteiger partial charge in [0.05, 0.1) is 6.61 Å². The molecule has 0 spiro atoms. The number of hydrogen-bond acceptors (Lipinski definition) is 4. The van der Waals surface area contributed by atoms with Gasteiger partial charge in [-0.2, -0.15) is 5.26 Å². The molecule has 0 heterocycles. The fourth-order valence-electron chi connectivity index (χ4n) is 1.35. The maximum Gasteiger partial charge on any atom is 0.509 e. The molecule has 0 N–H and O–H groups in total. The summed E-state index contributed by atoms with van der Waals surface area (Å²) in [4.78, 5) is 10.8. The van der Waals surface area contributed by atoms with E-state index in [9.17, 15) is 4.79 Å². The molecule has 0 aromatic carbocycles. The summed E-state index contributed by atoms with van der Waals surface area (Å²) in [7, 11) is 0. The fourth-order valence-corrected chi connectivity index (χ4v) is 1.35. The Kier molecular flexibility index (Phi) is 10.9. The van der Waals surface area contributed by atoms with Gasteiger partial charge in [0.2, 0.25) is 0 Å². The summed E-state index contributed by atoms with van der Waals surface area (Å²) in [5.41, 5.74) is 0. The van der Waals surface area contributed by atoms with E-state index in [0.717, 1.165) is 12.8 Å². The van der Waals surface area contributed by atoms with Crippen LogP contribution in [-0.4, -0.2) is 19.4 Å². The Morgan fingerprint density at radius 1 is 1.06 bits per heavy atom. The number of rotatable bonds is 9. The van der Waals surface area contributed by atoms with Crippen LogP contribution < -0.4 is 0 Å². The molecule has 0 aliphatic carbocycles. The molecular formula is C12H21NO3. The number of ether oxygens (including phenoxy) is 2. The first-order valence-electron chi connectivity index (χ1n) is 5.97. The van der Waals surface area contributed by atoms with E-state index in [1.807, 2.05) is 0 Å². The lowest BCUT2D eigenvalue weighted by atomic mass is 10.1. The first kappa shape index (κ1) is 14.8. The molecule has 92 valence electrons. The molecule has 0 atom stereocenters. The summed E-state index contributed by atoms with van der Waals surface area (Å²) in [6.45, 7) is 2.34. The van der Waals surface area contributed by atoms with E-state index in [1.165, 1.54) is 32.1 Å². The highest BCUT2D eigenvalue weighted by molar-refractivity contribution is 5.59. The van der Waals surface area contributed by atoms with Gasteiger partial charge in [-0.25, -0.2) is 4.79 Å². The molecule has 0 unspecified atom stereocenters. The van der Waals surface area contributed by atoms with Gasteiger partial charge in [-0.3, -0.25) is 0 Å². The van der Waals surface area contributed by atoms with Crippen molar-refractivity contribution in [2.24, 2.45) is 0 Å². The van der Waals surface area contributed by atoms with Crippen LogP contribution in [-0.2, 0) is 9.47 Å². The highest BCUT2D eigenvalue weighted by Crippen LogP contribution is 2.06. The third-order valence-electron chi connectivity index (χ3n) is 2.22. The second-order valence-corrected chi connectivity index (χ2v) is 3.67. The van der Waals surface area contributed by atoms with Crippen LogP contribution in [0.5, 0.6) is 0 Å². The minimum atomic E-state index is -0.743. The molecule has 0 bridgehead atoms. The van der Waals surface area contributed by atoms with Crippen LogP contribution in [0.15, 0.2) is 0 Å². The molecule has 0 aromatic rings. The zero-order chi connectivity index (χ0) is 12.1. The minimum Gasteiger partial charge on any atom is -0.434 e. The molecule has 0 fully saturated rings. The average molecular weight is 227 g/mol. The molecule has 4 nitrogen and oxygen atoms in total. The highest BCUT2D eigenvalue weighted by Gasteiger charge is 2.01. The van der Waals surface area contributed by atoms with Crippen LogP contribution in [0.1, 0.15) is 51.9 Å². The molecule has 16 heavy (non-hydrogen) atoms. The Hall–Kier alpha value is -1.24. The third kappa shape index (κ3) is 10.8. The van der Waals surface area contributed by atoms with Crippen LogP contribution in [0, 0.1) is 11.3 Å². The van der Waals surface area contributed by atoms with Crippen molar-refractivity contribution in [3.8, 4) is 6.07 Å². The van der Waals surface area contributed by atoms with E-state index in [2.05, 4.69) is 11.7 Å². The number of nitriles is 1. The minimum absolute atomic E-state index is 0.240. The Morgan fingerprint density at radius 2 is 1.69 bits per heavy atom. The van der Waals surface area contributed by atoms with Gasteiger partial charge in [-0.15, -0.1) is 0 Å². The summed E-state index contributed by atoms with van der Waals surface area (Å²) in [5.74, 6) is 0. The van der Waals surface area contributed by atoms with Gasteiger partial charge in [0.25, 0.3) is 0 Å². The fraction of sp³-hybridized carbons (Fsp3) is 0.833. The van der Waals surface area contributed by atoms with E-state index in [4.69, 9.17) is 10.00 Å². The van der Waals surface area contributed by atoms with Crippen molar-refractivity contribution in [1.29, 1.82) is 5.26 Å². The van der Waals surface area contributed by atoms with Crippen LogP contribution in [0.4, 0.5) is 4.79 Å². The molecule has 0 aliphatic heterocycles. The van der Waals surface area contributed by atoms with E-state index < -0.39 is 6.16 Å². The Balaban J connectivity index is 3.09. The lowest BCUT2D eigenvalue weighted by Gasteiger charge is -2.03. The quantitative estimate of drug-likeness (QED) is 0.447. The van der Waals surface area contributed by atoms with Gasteiger partial charge in [0.15, 0.2) is 6.61 Å². The first-order chi connectivity index (χ1) is 7.81. The Morgan fingerprint density at radius 3 is 2.31 bits per heavy atom. The van der Waals surface area contributed by atoms with Gasteiger partial charge >= 0.3 is 6.16 Å². The van der Waals surface area contributed by atoms with Crippen molar-refractivity contribution in [1.82, 2.24) is 0 Å². The maximum absolute atomic E-state index is 10.8. The van der Waals surface area contributed by atoms with Crippen molar-refractivity contribution >= 4 is 6.16 Å². The van der Waals surface area contributed by atoms with Crippen molar-refractivity contribution in [3.63, 3.8) is 0 Å². The second-order valence-electron chi connectivity index (χ2n) is 3.67. The van der Waals surface area contributed by atoms with Crippen molar-refractivity contribution < 1.29 is 14.3 Å². The monoisotopic (exact) mass is 227 g/mol. The van der Waals surface area contributed by atoms with E-state index in [-0.39, 0.29) is 6.61 Å². The van der Waals surface area contributed by atoms with Gasteiger partial charge in [-0.1, -0.05) is 45.4 Å². The standard InChI is InChI=1S/C12H21NO3/c1-2-3-4-5-6-7-8-10-15-12(14)16-11-9-13/h2-8,10-11H2,1H3.